The minimum absolute atomic E-state index is 0.366. The van der Waals surface area contributed by atoms with Crippen LogP contribution in [0.15, 0.2) is 48.5 Å². The standard InChI is InChI=1S/C17H20N2O2S/c1-20-15-7-3-5-13(9-15)11-19(17(18)22)12-14-6-4-8-16(10-14)21-2/h3-10H,11-12H2,1-2H3,(H2,18,22). The van der Waals surface area contributed by atoms with Crippen LogP contribution in [0.1, 0.15) is 11.1 Å². The molecule has 4 nitrogen and oxygen atoms in total. The summed E-state index contributed by atoms with van der Waals surface area (Å²) in [5.41, 5.74) is 8.05. The maximum atomic E-state index is 5.87. The van der Waals surface area contributed by atoms with E-state index in [1.807, 2.05) is 53.4 Å². The molecule has 0 aliphatic heterocycles. The highest BCUT2D eigenvalue weighted by atomic mass is 32.1. The maximum Gasteiger partial charge on any atom is 0.166 e. The van der Waals surface area contributed by atoms with Crippen molar-refractivity contribution in [3.8, 4) is 11.5 Å². The monoisotopic (exact) mass is 316 g/mol. The summed E-state index contributed by atoms with van der Waals surface area (Å²) >= 11 is 5.18. The Labute approximate surface area is 136 Å². The molecule has 0 radical (unpaired) electrons. The molecule has 0 aliphatic carbocycles. The van der Waals surface area contributed by atoms with E-state index in [1.165, 1.54) is 0 Å². The van der Waals surface area contributed by atoms with Gasteiger partial charge in [-0.05, 0) is 47.6 Å². The summed E-state index contributed by atoms with van der Waals surface area (Å²) in [7, 11) is 3.31. The largest absolute Gasteiger partial charge is 0.497 e. The van der Waals surface area contributed by atoms with Gasteiger partial charge in [0.25, 0.3) is 0 Å². The van der Waals surface area contributed by atoms with E-state index in [2.05, 4.69) is 0 Å². The first-order valence-electron chi connectivity index (χ1n) is 6.92. The molecule has 0 aromatic heterocycles. The summed E-state index contributed by atoms with van der Waals surface area (Å²) < 4.78 is 10.5. The molecule has 0 atom stereocenters. The smallest absolute Gasteiger partial charge is 0.166 e. The van der Waals surface area contributed by atoms with E-state index < -0.39 is 0 Å². The SMILES string of the molecule is COc1cccc(CN(Cc2cccc(OC)c2)C(N)=S)c1. The molecule has 22 heavy (non-hydrogen) atoms. The molecule has 2 rings (SSSR count). The lowest BCUT2D eigenvalue weighted by atomic mass is 10.1. The van der Waals surface area contributed by atoms with Crippen molar-refractivity contribution in [2.75, 3.05) is 14.2 Å². The zero-order chi connectivity index (χ0) is 15.9. The molecule has 0 saturated heterocycles. The van der Waals surface area contributed by atoms with Gasteiger partial charge in [-0.3, -0.25) is 0 Å². The third-order valence-electron chi connectivity index (χ3n) is 3.33. The van der Waals surface area contributed by atoms with Crippen LogP contribution in [0, 0.1) is 0 Å². The maximum absolute atomic E-state index is 5.87. The number of nitrogens with two attached hydrogens (primary N) is 1. The second-order valence-corrected chi connectivity index (χ2v) is 5.32. The zero-order valence-corrected chi connectivity index (χ0v) is 13.6. The molecule has 0 saturated carbocycles. The third-order valence-corrected chi connectivity index (χ3v) is 3.59. The van der Waals surface area contributed by atoms with E-state index in [9.17, 15) is 0 Å². The van der Waals surface area contributed by atoms with Gasteiger partial charge in [0.2, 0.25) is 0 Å². The Hall–Kier alpha value is -2.27. The van der Waals surface area contributed by atoms with Gasteiger partial charge in [0.15, 0.2) is 5.11 Å². The number of thiocarbonyl (C=S) groups is 1. The van der Waals surface area contributed by atoms with Crippen LogP contribution in [-0.2, 0) is 13.1 Å². The molecule has 0 unspecified atom stereocenters. The first kappa shape index (κ1) is 16.1. The summed E-state index contributed by atoms with van der Waals surface area (Å²) in [5.74, 6) is 1.64. The van der Waals surface area contributed by atoms with Crippen LogP contribution in [-0.4, -0.2) is 24.2 Å². The van der Waals surface area contributed by atoms with Crippen LogP contribution in [0.5, 0.6) is 11.5 Å². The van der Waals surface area contributed by atoms with Gasteiger partial charge in [-0.1, -0.05) is 24.3 Å². The third kappa shape index (κ3) is 4.36. The molecule has 0 heterocycles. The van der Waals surface area contributed by atoms with Crippen LogP contribution in [0.3, 0.4) is 0 Å². The minimum atomic E-state index is 0.366. The summed E-state index contributed by atoms with van der Waals surface area (Å²) in [6.07, 6.45) is 0. The Bertz CT molecular complexity index is 597. The lowest BCUT2D eigenvalue weighted by Crippen LogP contribution is -2.34. The van der Waals surface area contributed by atoms with Crippen molar-refractivity contribution < 1.29 is 9.47 Å². The molecule has 0 aliphatic rings. The number of rotatable bonds is 6. The van der Waals surface area contributed by atoms with Crippen molar-refractivity contribution in [3.63, 3.8) is 0 Å². The quantitative estimate of drug-likeness (QED) is 0.830. The highest BCUT2D eigenvalue weighted by Crippen LogP contribution is 2.18. The van der Waals surface area contributed by atoms with Gasteiger partial charge in [0.1, 0.15) is 11.5 Å². The van der Waals surface area contributed by atoms with Crippen LogP contribution >= 0.6 is 12.2 Å². The van der Waals surface area contributed by atoms with Crippen molar-refractivity contribution >= 4 is 17.3 Å². The molecule has 2 aromatic carbocycles. The molecule has 0 fully saturated rings. The first-order chi connectivity index (χ1) is 10.6. The molecular weight excluding hydrogens is 296 g/mol. The van der Waals surface area contributed by atoms with E-state index in [0.717, 1.165) is 22.6 Å². The average Bonchev–Trinajstić information content (AvgIpc) is 2.54. The number of nitrogens with zero attached hydrogens (tertiary/aromatic N) is 1. The molecule has 116 valence electrons. The van der Waals surface area contributed by atoms with Crippen molar-refractivity contribution in [2.24, 2.45) is 5.73 Å². The number of methoxy groups -OCH3 is 2. The highest BCUT2D eigenvalue weighted by molar-refractivity contribution is 7.80. The van der Waals surface area contributed by atoms with E-state index in [4.69, 9.17) is 27.4 Å². The molecule has 5 heteroatoms. The molecule has 2 N–H and O–H groups in total. The Balaban J connectivity index is 2.14. The van der Waals surface area contributed by atoms with Crippen LogP contribution in [0.25, 0.3) is 0 Å². The van der Waals surface area contributed by atoms with E-state index in [-0.39, 0.29) is 0 Å². The fourth-order valence-electron chi connectivity index (χ4n) is 2.19. The van der Waals surface area contributed by atoms with E-state index >= 15 is 0 Å². The summed E-state index contributed by atoms with van der Waals surface area (Å²) in [5, 5.41) is 0.366. The van der Waals surface area contributed by atoms with Gasteiger partial charge in [0.05, 0.1) is 14.2 Å². The predicted octanol–water partition coefficient (Wildman–Crippen LogP) is 2.95. The average molecular weight is 316 g/mol. The van der Waals surface area contributed by atoms with Gasteiger partial charge in [-0.2, -0.15) is 0 Å². The lowest BCUT2D eigenvalue weighted by Gasteiger charge is -2.23. The Kier molecular flexibility index (Phi) is 5.61. The summed E-state index contributed by atoms with van der Waals surface area (Å²) in [4.78, 5) is 1.94. The second-order valence-electron chi connectivity index (χ2n) is 4.90. The topological polar surface area (TPSA) is 47.7 Å². The number of benzene rings is 2. The Morgan fingerprint density at radius 3 is 1.77 bits per heavy atom. The van der Waals surface area contributed by atoms with Crippen molar-refractivity contribution in [3.05, 3.63) is 59.7 Å². The van der Waals surface area contributed by atoms with Gasteiger partial charge < -0.3 is 20.1 Å². The molecular formula is C17H20N2O2S. The second kappa shape index (κ2) is 7.66. The molecule has 0 bridgehead atoms. The van der Waals surface area contributed by atoms with Crippen LogP contribution in [0.2, 0.25) is 0 Å². The molecule has 0 spiro atoms. The van der Waals surface area contributed by atoms with E-state index in [1.54, 1.807) is 14.2 Å². The minimum Gasteiger partial charge on any atom is -0.497 e. The normalized spacial score (nSPS) is 10.1. The van der Waals surface area contributed by atoms with Crippen molar-refractivity contribution in [2.45, 2.75) is 13.1 Å². The molecule has 0 amide bonds. The van der Waals surface area contributed by atoms with Crippen molar-refractivity contribution in [1.29, 1.82) is 0 Å². The fraction of sp³-hybridized carbons (Fsp3) is 0.235. The Morgan fingerprint density at radius 2 is 1.41 bits per heavy atom. The van der Waals surface area contributed by atoms with Gasteiger partial charge in [-0.15, -0.1) is 0 Å². The first-order valence-corrected chi connectivity index (χ1v) is 7.33. The number of hydrogen-bond acceptors (Lipinski definition) is 3. The molecule has 2 aromatic rings. The zero-order valence-electron chi connectivity index (χ0n) is 12.8. The Morgan fingerprint density at radius 1 is 0.955 bits per heavy atom. The van der Waals surface area contributed by atoms with Crippen LogP contribution in [0.4, 0.5) is 0 Å². The van der Waals surface area contributed by atoms with Gasteiger partial charge in [-0.25, -0.2) is 0 Å². The van der Waals surface area contributed by atoms with Crippen LogP contribution < -0.4 is 15.2 Å². The number of hydrogen-bond donors (Lipinski definition) is 1. The fourth-order valence-corrected chi connectivity index (χ4v) is 2.32. The van der Waals surface area contributed by atoms with Gasteiger partial charge >= 0.3 is 0 Å². The van der Waals surface area contributed by atoms with Crippen molar-refractivity contribution in [1.82, 2.24) is 4.90 Å². The predicted molar refractivity (Wildman–Crippen MR) is 92.0 cm³/mol. The van der Waals surface area contributed by atoms with Gasteiger partial charge in [0, 0.05) is 13.1 Å². The summed E-state index contributed by atoms with van der Waals surface area (Å²) in [6, 6.07) is 15.8. The number of ether oxygens (including phenoxy) is 2. The summed E-state index contributed by atoms with van der Waals surface area (Å²) in [6.45, 7) is 1.26. The van der Waals surface area contributed by atoms with E-state index in [0.29, 0.717) is 18.2 Å². The lowest BCUT2D eigenvalue weighted by molar-refractivity contribution is 0.395. The highest BCUT2D eigenvalue weighted by Gasteiger charge is 2.09.